The Bertz CT molecular complexity index is 473. The van der Waals surface area contributed by atoms with Crippen molar-refractivity contribution in [3.8, 4) is 0 Å². The molecule has 2 rings (SSSR count). The summed E-state index contributed by atoms with van der Waals surface area (Å²) in [6.07, 6.45) is 1.93. The normalized spacial score (nSPS) is 12.6. The minimum Gasteiger partial charge on any atom is -0.304 e. The number of aromatic nitrogens is 1. The molecule has 0 aliphatic rings. The first kappa shape index (κ1) is 12.3. The average Bonchev–Trinajstić information content (AvgIpc) is 2.73. The van der Waals surface area contributed by atoms with Crippen molar-refractivity contribution in [3.63, 3.8) is 0 Å². The Morgan fingerprint density at radius 3 is 2.53 bits per heavy atom. The largest absolute Gasteiger partial charge is 0.304 e. The van der Waals surface area contributed by atoms with E-state index in [0.717, 1.165) is 11.6 Å². The molecule has 0 aliphatic carbocycles. The van der Waals surface area contributed by atoms with Crippen molar-refractivity contribution in [2.75, 3.05) is 0 Å². The summed E-state index contributed by atoms with van der Waals surface area (Å²) < 4.78 is 0. The van der Waals surface area contributed by atoms with Gasteiger partial charge in [-0.3, -0.25) is 0 Å². The SMILES string of the molecule is Cc1ccc(C(C)NCc2ncc(C)s2)cc1. The van der Waals surface area contributed by atoms with Crippen molar-refractivity contribution in [2.45, 2.75) is 33.4 Å². The van der Waals surface area contributed by atoms with E-state index < -0.39 is 0 Å². The molecule has 0 amide bonds. The van der Waals surface area contributed by atoms with E-state index in [1.807, 2.05) is 6.20 Å². The van der Waals surface area contributed by atoms with E-state index in [9.17, 15) is 0 Å². The van der Waals surface area contributed by atoms with Crippen LogP contribution in [0, 0.1) is 13.8 Å². The van der Waals surface area contributed by atoms with Crippen LogP contribution in [0.25, 0.3) is 0 Å². The lowest BCUT2D eigenvalue weighted by Crippen LogP contribution is -2.17. The molecule has 0 aliphatic heterocycles. The fourth-order valence-electron chi connectivity index (χ4n) is 1.70. The summed E-state index contributed by atoms with van der Waals surface area (Å²) in [6, 6.07) is 9.03. The molecule has 1 unspecified atom stereocenters. The molecular weight excluding hydrogens is 228 g/mol. The Labute approximate surface area is 107 Å². The molecule has 0 fully saturated rings. The number of nitrogens with one attached hydrogen (secondary N) is 1. The quantitative estimate of drug-likeness (QED) is 0.891. The van der Waals surface area contributed by atoms with Crippen molar-refractivity contribution < 1.29 is 0 Å². The van der Waals surface area contributed by atoms with Gasteiger partial charge in [-0.05, 0) is 26.3 Å². The van der Waals surface area contributed by atoms with Crippen LogP contribution in [0.3, 0.4) is 0 Å². The molecule has 0 saturated heterocycles. The maximum Gasteiger partial charge on any atom is 0.107 e. The zero-order valence-corrected chi connectivity index (χ0v) is 11.3. The lowest BCUT2D eigenvalue weighted by molar-refractivity contribution is 0.573. The Hall–Kier alpha value is -1.19. The standard InChI is InChI=1S/C14H18N2S/c1-10-4-6-13(7-5-10)12(3)15-9-14-16-8-11(2)17-14/h4-8,12,15H,9H2,1-3H3. The van der Waals surface area contributed by atoms with E-state index in [1.54, 1.807) is 11.3 Å². The molecule has 1 heterocycles. The smallest absolute Gasteiger partial charge is 0.107 e. The molecule has 90 valence electrons. The van der Waals surface area contributed by atoms with Gasteiger partial charge < -0.3 is 5.32 Å². The number of aryl methyl sites for hydroxylation is 2. The third-order valence-electron chi connectivity index (χ3n) is 2.81. The molecule has 0 bridgehead atoms. The number of hydrogen-bond acceptors (Lipinski definition) is 3. The highest BCUT2D eigenvalue weighted by atomic mass is 32.1. The van der Waals surface area contributed by atoms with E-state index >= 15 is 0 Å². The summed E-state index contributed by atoms with van der Waals surface area (Å²) in [4.78, 5) is 5.62. The summed E-state index contributed by atoms with van der Waals surface area (Å²) in [7, 11) is 0. The highest BCUT2D eigenvalue weighted by Crippen LogP contribution is 2.15. The van der Waals surface area contributed by atoms with Gasteiger partial charge in [0.15, 0.2) is 0 Å². The number of benzene rings is 1. The van der Waals surface area contributed by atoms with Gasteiger partial charge >= 0.3 is 0 Å². The van der Waals surface area contributed by atoms with Crippen molar-refractivity contribution >= 4 is 11.3 Å². The van der Waals surface area contributed by atoms with Crippen LogP contribution >= 0.6 is 11.3 Å². The third-order valence-corrected chi connectivity index (χ3v) is 3.72. The molecule has 17 heavy (non-hydrogen) atoms. The van der Waals surface area contributed by atoms with Crippen LogP contribution in [-0.2, 0) is 6.54 Å². The fourth-order valence-corrected chi connectivity index (χ4v) is 2.43. The van der Waals surface area contributed by atoms with Crippen molar-refractivity contribution in [1.29, 1.82) is 0 Å². The first-order valence-corrected chi connectivity index (χ1v) is 6.68. The maximum absolute atomic E-state index is 4.35. The summed E-state index contributed by atoms with van der Waals surface area (Å²) >= 11 is 1.75. The second-order valence-electron chi connectivity index (χ2n) is 4.38. The molecule has 0 saturated carbocycles. The van der Waals surface area contributed by atoms with Crippen molar-refractivity contribution in [3.05, 3.63) is 51.5 Å². The Morgan fingerprint density at radius 2 is 1.94 bits per heavy atom. The molecule has 2 aromatic rings. The van der Waals surface area contributed by atoms with Gasteiger partial charge in [0.25, 0.3) is 0 Å². The molecular formula is C14H18N2S. The second kappa shape index (κ2) is 5.43. The minimum absolute atomic E-state index is 0.361. The first-order valence-electron chi connectivity index (χ1n) is 5.86. The molecule has 0 radical (unpaired) electrons. The van der Waals surface area contributed by atoms with Crippen molar-refractivity contribution in [1.82, 2.24) is 10.3 Å². The van der Waals surface area contributed by atoms with Crippen LogP contribution in [0.1, 0.15) is 34.0 Å². The summed E-state index contributed by atoms with van der Waals surface area (Å²) in [6.45, 7) is 7.23. The van der Waals surface area contributed by atoms with Gasteiger partial charge in [0.1, 0.15) is 5.01 Å². The van der Waals surface area contributed by atoms with Crippen LogP contribution in [0.5, 0.6) is 0 Å². The van der Waals surface area contributed by atoms with Crippen LogP contribution in [0.2, 0.25) is 0 Å². The fraction of sp³-hybridized carbons (Fsp3) is 0.357. The number of thiazole rings is 1. The summed E-state index contributed by atoms with van der Waals surface area (Å²) in [5.74, 6) is 0. The predicted octanol–water partition coefficient (Wildman–Crippen LogP) is 3.61. The third kappa shape index (κ3) is 3.38. The second-order valence-corrected chi connectivity index (χ2v) is 5.70. The zero-order valence-electron chi connectivity index (χ0n) is 10.5. The molecule has 1 N–H and O–H groups in total. The number of nitrogens with zero attached hydrogens (tertiary/aromatic N) is 1. The topological polar surface area (TPSA) is 24.9 Å². The van der Waals surface area contributed by atoms with E-state index in [4.69, 9.17) is 0 Å². The zero-order chi connectivity index (χ0) is 12.3. The molecule has 1 atom stereocenters. The lowest BCUT2D eigenvalue weighted by Gasteiger charge is -2.13. The van der Waals surface area contributed by atoms with Gasteiger partial charge in [-0.15, -0.1) is 11.3 Å². The number of hydrogen-bond donors (Lipinski definition) is 1. The van der Waals surface area contributed by atoms with E-state index in [2.05, 4.69) is 55.3 Å². The Morgan fingerprint density at radius 1 is 1.24 bits per heavy atom. The van der Waals surface area contributed by atoms with E-state index in [0.29, 0.717) is 6.04 Å². The number of rotatable bonds is 4. The van der Waals surface area contributed by atoms with Crippen LogP contribution in [-0.4, -0.2) is 4.98 Å². The van der Waals surface area contributed by atoms with E-state index in [1.165, 1.54) is 16.0 Å². The minimum atomic E-state index is 0.361. The highest BCUT2D eigenvalue weighted by Gasteiger charge is 2.05. The molecule has 1 aromatic carbocycles. The summed E-state index contributed by atoms with van der Waals surface area (Å²) in [5.41, 5.74) is 2.63. The molecule has 0 spiro atoms. The Kier molecular flexibility index (Phi) is 3.92. The first-order chi connectivity index (χ1) is 8.15. The van der Waals surface area contributed by atoms with Crippen LogP contribution < -0.4 is 5.32 Å². The predicted molar refractivity (Wildman–Crippen MR) is 73.3 cm³/mol. The van der Waals surface area contributed by atoms with E-state index in [-0.39, 0.29) is 0 Å². The summed E-state index contributed by atoms with van der Waals surface area (Å²) in [5, 5.41) is 4.65. The molecule has 3 heteroatoms. The van der Waals surface area contributed by atoms with Gasteiger partial charge in [-0.2, -0.15) is 0 Å². The maximum atomic E-state index is 4.35. The van der Waals surface area contributed by atoms with Crippen LogP contribution in [0.4, 0.5) is 0 Å². The van der Waals surface area contributed by atoms with Gasteiger partial charge in [-0.1, -0.05) is 29.8 Å². The lowest BCUT2D eigenvalue weighted by atomic mass is 10.1. The monoisotopic (exact) mass is 246 g/mol. The molecule has 2 nitrogen and oxygen atoms in total. The highest BCUT2D eigenvalue weighted by molar-refractivity contribution is 7.11. The van der Waals surface area contributed by atoms with Gasteiger partial charge in [0.2, 0.25) is 0 Å². The molecule has 1 aromatic heterocycles. The average molecular weight is 246 g/mol. The van der Waals surface area contributed by atoms with Gasteiger partial charge in [0.05, 0.1) is 0 Å². The van der Waals surface area contributed by atoms with Crippen LogP contribution in [0.15, 0.2) is 30.5 Å². The Balaban J connectivity index is 1.93. The van der Waals surface area contributed by atoms with Gasteiger partial charge in [-0.25, -0.2) is 4.98 Å². The van der Waals surface area contributed by atoms with Crippen molar-refractivity contribution in [2.24, 2.45) is 0 Å². The van der Waals surface area contributed by atoms with Gasteiger partial charge in [0, 0.05) is 23.7 Å².